The Bertz CT molecular complexity index is 199. The van der Waals surface area contributed by atoms with Gasteiger partial charge >= 0.3 is 0 Å². The van der Waals surface area contributed by atoms with Crippen molar-refractivity contribution in [2.45, 2.75) is 50.6 Å². The first-order valence-electron chi connectivity index (χ1n) is 5.79. The van der Waals surface area contributed by atoms with Crippen molar-refractivity contribution in [2.75, 3.05) is 12.9 Å². The van der Waals surface area contributed by atoms with Crippen LogP contribution in [0.4, 0.5) is 0 Å². The smallest absolute Gasteiger partial charge is 0.220 e. The number of hydrogen-bond acceptors (Lipinski definition) is 2. The van der Waals surface area contributed by atoms with E-state index in [1.54, 1.807) is 0 Å². The molecule has 1 aliphatic rings. The lowest BCUT2D eigenvalue weighted by molar-refractivity contribution is -0.122. The molecule has 0 radical (unpaired) electrons. The minimum absolute atomic E-state index is 0.150. The van der Waals surface area contributed by atoms with Gasteiger partial charge in [0.15, 0.2) is 0 Å². The fourth-order valence-electron chi connectivity index (χ4n) is 2.11. The van der Waals surface area contributed by atoms with Crippen LogP contribution in [0.3, 0.4) is 0 Å². The first kappa shape index (κ1) is 12.8. The molecule has 0 bridgehead atoms. The van der Waals surface area contributed by atoms with E-state index in [1.807, 2.05) is 7.05 Å². The number of hydrogen-bond donors (Lipinski definition) is 2. The van der Waals surface area contributed by atoms with Crippen LogP contribution in [0, 0.1) is 0 Å². The van der Waals surface area contributed by atoms with Crippen LogP contribution in [0.15, 0.2) is 0 Å². The Balaban J connectivity index is 2.22. The van der Waals surface area contributed by atoms with Crippen molar-refractivity contribution < 1.29 is 4.79 Å². The Morgan fingerprint density at radius 1 is 1.40 bits per heavy atom. The summed E-state index contributed by atoms with van der Waals surface area (Å²) in [4.78, 5) is 11.5. The number of carbonyl (C=O) groups excluding carboxylic acids is 1. The number of carbonyl (C=O) groups is 1. The predicted octanol–water partition coefficient (Wildman–Crippen LogP) is 1.65. The van der Waals surface area contributed by atoms with Gasteiger partial charge < -0.3 is 10.6 Å². The van der Waals surface area contributed by atoms with Gasteiger partial charge in [-0.1, -0.05) is 0 Å². The molecule has 15 heavy (non-hydrogen) atoms. The molecule has 2 unspecified atom stereocenters. The van der Waals surface area contributed by atoms with Gasteiger partial charge in [-0.15, -0.1) is 11.6 Å². The average Bonchev–Trinajstić information content (AvgIpc) is 2.26. The molecule has 1 rings (SSSR count). The van der Waals surface area contributed by atoms with Crippen LogP contribution in [-0.2, 0) is 4.79 Å². The SMILES string of the molecule is CNC1CCCC(NC(=O)CCCCl)C1. The van der Waals surface area contributed by atoms with Gasteiger partial charge in [0, 0.05) is 24.4 Å². The lowest BCUT2D eigenvalue weighted by atomic mass is 9.91. The highest BCUT2D eigenvalue weighted by molar-refractivity contribution is 6.17. The van der Waals surface area contributed by atoms with Gasteiger partial charge in [-0.2, -0.15) is 0 Å². The molecule has 0 saturated heterocycles. The van der Waals surface area contributed by atoms with Crippen LogP contribution in [0.2, 0.25) is 0 Å². The summed E-state index contributed by atoms with van der Waals surface area (Å²) in [7, 11) is 1.99. The van der Waals surface area contributed by atoms with Crippen molar-refractivity contribution in [3.63, 3.8) is 0 Å². The Kier molecular flexibility index (Phi) is 6.03. The summed E-state index contributed by atoms with van der Waals surface area (Å²) in [5.41, 5.74) is 0. The molecule has 4 heteroatoms. The molecular weight excluding hydrogens is 212 g/mol. The Morgan fingerprint density at radius 2 is 2.13 bits per heavy atom. The third-order valence-electron chi connectivity index (χ3n) is 2.99. The van der Waals surface area contributed by atoms with Gasteiger partial charge in [-0.05, 0) is 39.2 Å². The third-order valence-corrected chi connectivity index (χ3v) is 3.25. The standard InChI is InChI=1S/C11H21ClN2O/c1-13-9-4-2-5-10(8-9)14-11(15)6-3-7-12/h9-10,13H,2-8H2,1H3,(H,14,15). The number of halogens is 1. The molecule has 0 aromatic heterocycles. The summed E-state index contributed by atoms with van der Waals surface area (Å²) in [6.07, 6.45) is 5.93. The molecule has 2 N–H and O–H groups in total. The summed E-state index contributed by atoms with van der Waals surface area (Å²) < 4.78 is 0. The molecule has 1 saturated carbocycles. The van der Waals surface area contributed by atoms with Gasteiger partial charge in [-0.25, -0.2) is 0 Å². The fraction of sp³-hybridized carbons (Fsp3) is 0.909. The molecule has 88 valence electrons. The highest BCUT2D eigenvalue weighted by Crippen LogP contribution is 2.18. The Labute approximate surface area is 96.9 Å². The number of alkyl halides is 1. The van der Waals surface area contributed by atoms with Gasteiger partial charge in [0.1, 0.15) is 0 Å². The van der Waals surface area contributed by atoms with E-state index < -0.39 is 0 Å². The van der Waals surface area contributed by atoms with E-state index in [9.17, 15) is 4.79 Å². The highest BCUT2D eigenvalue weighted by atomic mass is 35.5. The minimum Gasteiger partial charge on any atom is -0.353 e. The number of rotatable bonds is 5. The van der Waals surface area contributed by atoms with Gasteiger partial charge in [0.2, 0.25) is 5.91 Å². The summed E-state index contributed by atoms with van der Waals surface area (Å²) >= 11 is 5.54. The molecule has 0 heterocycles. The lowest BCUT2D eigenvalue weighted by Crippen LogP contribution is -2.43. The van der Waals surface area contributed by atoms with E-state index in [1.165, 1.54) is 12.8 Å². The van der Waals surface area contributed by atoms with Gasteiger partial charge in [0.25, 0.3) is 0 Å². The van der Waals surface area contributed by atoms with Crippen LogP contribution in [0.1, 0.15) is 38.5 Å². The largest absolute Gasteiger partial charge is 0.353 e. The van der Waals surface area contributed by atoms with E-state index in [4.69, 9.17) is 11.6 Å². The first-order chi connectivity index (χ1) is 7.26. The van der Waals surface area contributed by atoms with Crippen LogP contribution >= 0.6 is 11.6 Å². The lowest BCUT2D eigenvalue weighted by Gasteiger charge is -2.29. The highest BCUT2D eigenvalue weighted by Gasteiger charge is 2.21. The summed E-state index contributed by atoms with van der Waals surface area (Å²) in [6.45, 7) is 0. The molecule has 1 aliphatic carbocycles. The zero-order valence-corrected chi connectivity index (χ0v) is 10.1. The van der Waals surface area contributed by atoms with E-state index >= 15 is 0 Å². The van der Waals surface area contributed by atoms with Crippen LogP contribution in [0.5, 0.6) is 0 Å². The molecule has 0 aromatic carbocycles. The second-order valence-electron chi connectivity index (χ2n) is 4.21. The first-order valence-corrected chi connectivity index (χ1v) is 6.32. The quantitative estimate of drug-likeness (QED) is 0.708. The monoisotopic (exact) mass is 232 g/mol. The van der Waals surface area contributed by atoms with Crippen molar-refractivity contribution in [1.82, 2.24) is 10.6 Å². The van der Waals surface area contributed by atoms with E-state index in [0.717, 1.165) is 19.3 Å². The average molecular weight is 233 g/mol. The van der Waals surface area contributed by atoms with E-state index in [0.29, 0.717) is 24.4 Å². The Hall–Kier alpha value is -0.280. The van der Waals surface area contributed by atoms with Gasteiger partial charge in [0.05, 0.1) is 0 Å². The minimum atomic E-state index is 0.150. The van der Waals surface area contributed by atoms with Crippen molar-refractivity contribution in [2.24, 2.45) is 0 Å². The summed E-state index contributed by atoms with van der Waals surface area (Å²) in [6, 6.07) is 0.927. The molecule has 3 nitrogen and oxygen atoms in total. The third kappa shape index (κ3) is 4.85. The maximum absolute atomic E-state index is 11.5. The zero-order chi connectivity index (χ0) is 11.1. The maximum Gasteiger partial charge on any atom is 0.220 e. The van der Waals surface area contributed by atoms with Crippen molar-refractivity contribution in [3.8, 4) is 0 Å². The predicted molar refractivity (Wildman–Crippen MR) is 63.2 cm³/mol. The zero-order valence-electron chi connectivity index (χ0n) is 9.39. The van der Waals surface area contributed by atoms with Crippen molar-refractivity contribution in [3.05, 3.63) is 0 Å². The van der Waals surface area contributed by atoms with E-state index in [-0.39, 0.29) is 5.91 Å². The molecule has 0 aliphatic heterocycles. The maximum atomic E-state index is 11.5. The topological polar surface area (TPSA) is 41.1 Å². The second kappa shape index (κ2) is 7.07. The summed E-state index contributed by atoms with van der Waals surface area (Å²) in [5, 5.41) is 6.36. The molecule has 0 spiro atoms. The van der Waals surface area contributed by atoms with Crippen LogP contribution in [0.25, 0.3) is 0 Å². The Morgan fingerprint density at radius 3 is 2.80 bits per heavy atom. The van der Waals surface area contributed by atoms with E-state index in [2.05, 4.69) is 10.6 Å². The summed E-state index contributed by atoms with van der Waals surface area (Å²) in [5.74, 6) is 0.717. The second-order valence-corrected chi connectivity index (χ2v) is 4.59. The van der Waals surface area contributed by atoms with Crippen molar-refractivity contribution in [1.29, 1.82) is 0 Å². The number of amides is 1. The fourth-order valence-corrected chi connectivity index (χ4v) is 2.24. The molecule has 1 amide bonds. The number of nitrogens with one attached hydrogen (secondary N) is 2. The molecular formula is C11H21ClN2O. The van der Waals surface area contributed by atoms with Crippen LogP contribution < -0.4 is 10.6 Å². The molecule has 1 fully saturated rings. The van der Waals surface area contributed by atoms with Crippen LogP contribution in [-0.4, -0.2) is 30.9 Å². The van der Waals surface area contributed by atoms with Crippen molar-refractivity contribution >= 4 is 17.5 Å². The van der Waals surface area contributed by atoms with Gasteiger partial charge in [-0.3, -0.25) is 4.79 Å². The molecule has 0 aromatic rings. The molecule has 2 atom stereocenters. The normalized spacial score (nSPS) is 26.3.